The Bertz CT molecular complexity index is 587. The molecule has 17 heavy (non-hydrogen) atoms. The van der Waals surface area contributed by atoms with Crippen molar-refractivity contribution in [3.63, 3.8) is 0 Å². The summed E-state index contributed by atoms with van der Waals surface area (Å²) in [5.74, 6) is 0. The van der Waals surface area contributed by atoms with Crippen LogP contribution in [0, 0.1) is 3.57 Å². The fourth-order valence-corrected chi connectivity index (χ4v) is 3.00. The van der Waals surface area contributed by atoms with E-state index in [1.54, 1.807) is 0 Å². The van der Waals surface area contributed by atoms with Gasteiger partial charge in [0.25, 0.3) is 0 Å². The lowest BCUT2D eigenvalue weighted by Crippen LogP contribution is -2.08. The second-order valence-electron chi connectivity index (χ2n) is 4.71. The summed E-state index contributed by atoms with van der Waals surface area (Å²) in [6, 6.07) is 13.5. The molecule has 0 radical (unpaired) electrons. The molecule has 0 saturated carbocycles. The first-order valence-electron chi connectivity index (χ1n) is 5.74. The van der Waals surface area contributed by atoms with E-state index in [9.17, 15) is 0 Å². The maximum Gasteiger partial charge on any atom is 0.0364 e. The zero-order valence-electron chi connectivity index (χ0n) is 10.00. The minimum Gasteiger partial charge on any atom is -0.378 e. The molecule has 0 aliphatic heterocycles. The van der Waals surface area contributed by atoms with Crippen LogP contribution in [0.1, 0.15) is 11.1 Å². The molecule has 0 atom stereocenters. The molecule has 0 aromatic heterocycles. The Morgan fingerprint density at radius 2 is 1.59 bits per heavy atom. The van der Waals surface area contributed by atoms with Crippen molar-refractivity contribution < 1.29 is 0 Å². The number of hydrogen-bond donors (Lipinski definition) is 0. The van der Waals surface area contributed by atoms with Crippen molar-refractivity contribution in [3.8, 4) is 11.1 Å². The minimum atomic E-state index is 1.07. The molecular weight excluding hydrogens is 321 g/mol. The lowest BCUT2D eigenvalue weighted by atomic mass is 10.1. The van der Waals surface area contributed by atoms with E-state index in [-0.39, 0.29) is 0 Å². The van der Waals surface area contributed by atoms with Gasteiger partial charge in [-0.15, -0.1) is 0 Å². The molecule has 0 amide bonds. The van der Waals surface area contributed by atoms with Gasteiger partial charge in [0.1, 0.15) is 0 Å². The summed E-state index contributed by atoms with van der Waals surface area (Å²) in [6.07, 6.45) is 1.07. The lowest BCUT2D eigenvalue weighted by Gasteiger charge is -2.13. The van der Waals surface area contributed by atoms with Gasteiger partial charge >= 0.3 is 0 Å². The molecule has 1 aliphatic rings. The zero-order valence-corrected chi connectivity index (χ0v) is 12.2. The van der Waals surface area contributed by atoms with Crippen LogP contribution in [0.2, 0.25) is 0 Å². The van der Waals surface area contributed by atoms with Gasteiger partial charge < -0.3 is 4.90 Å². The molecule has 3 rings (SSSR count). The maximum atomic E-state index is 2.38. The van der Waals surface area contributed by atoms with E-state index in [1.165, 1.54) is 31.5 Å². The van der Waals surface area contributed by atoms with Crippen molar-refractivity contribution in [1.82, 2.24) is 0 Å². The standard InChI is InChI=1S/C15H14IN/c1-17(2)13-4-6-15-11(9-13)7-10-8-12(16)3-5-14(10)15/h3-6,8-9H,7H2,1-2H3. The number of halogens is 1. The van der Waals surface area contributed by atoms with Crippen molar-refractivity contribution in [2.75, 3.05) is 19.0 Å². The summed E-state index contributed by atoms with van der Waals surface area (Å²) >= 11 is 2.38. The number of benzene rings is 2. The van der Waals surface area contributed by atoms with Gasteiger partial charge in [-0.25, -0.2) is 0 Å². The predicted molar refractivity (Wildman–Crippen MR) is 81.7 cm³/mol. The van der Waals surface area contributed by atoms with Crippen LogP contribution in [0.4, 0.5) is 5.69 Å². The van der Waals surface area contributed by atoms with Gasteiger partial charge in [-0.2, -0.15) is 0 Å². The average molecular weight is 335 g/mol. The van der Waals surface area contributed by atoms with Crippen LogP contribution in [0.25, 0.3) is 11.1 Å². The van der Waals surface area contributed by atoms with Crippen molar-refractivity contribution in [2.45, 2.75) is 6.42 Å². The van der Waals surface area contributed by atoms with E-state index in [0.29, 0.717) is 0 Å². The second kappa shape index (κ2) is 4.02. The SMILES string of the molecule is CN(C)c1ccc2c(c1)Cc1cc(I)ccc1-2. The smallest absolute Gasteiger partial charge is 0.0364 e. The minimum absolute atomic E-state index is 1.07. The van der Waals surface area contributed by atoms with Crippen LogP contribution < -0.4 is 4.90 Å². The molecule has 1 nitrogen and oxygen atoms in total. The van der Waals surface area contributed by atoms with Crippen LogP contribution >= 0.6 is 22.6 Å². The molecule has 2 aromatic rings. The van der Waals surface area contributed by atoms with Crippen molar-refractivity contribution in [3.05, 3.63) is 51.1 Å². The van der Waals surface area contributed by atoms with Gasteiger partial charge in [0.15, 0.2) is 0 Å². The monoisotopic (exact) mass is 335 g/mol. The Hall–Kier alpha value is -1.03. The number of fused-ring (bicyclic) bond motifs is 3. The fraction of sp³-hybridized carbons (Fsp3) is 0.200. The van der Waals surface area contributed by atoms with Crippen LogP contribution in [0.3, 0.4) is 0 Å². The van der Waals surface area contributed by atoms with Crippen molar-refractivity contribution in [1.29, 1.82) is 0 Å². The normalized spacial score (nSPS) is 12.2. The second-order valence-corrected chi connectivity index (χ2v) is 5.96. The Kier molecular flexibility index (Phi) is 2.62. The quantitative estimate of drug-likeness (QED) is 0.609. The van der Waals surface area contributed by atoms with Crippen LogP contribution in [-0.4, -0.2) is 14.1 Å². The first kappa shape index (κ1) is 11.1. The molecule has 0 bridgehead atoms. The van der Waals surface area contributed by atoms with Gasteiger partial charge in [0.2, 0.25) is 0 Å². The molecule has 2 aromatic carbocycles. The van der Waals surface area contributed by atoms with Gasteiger partial charge in [0, 0.05) is 23.4 Å². The number of nitrogens with zero attached hydrogens (tertiary/aromatic N) is 1. The van der Waals surface area contributed by atoms with Gasteiger partial charge in [-0.05, 0) is 75.5 Å². The highest BCUT2D eigenvalue weighted by molar-refractivity contribution is 14.1. The number of rotatable bonds is 1. The number of hydrogen-bond acceptors (Lipinski definition) is 1. The maximum absolute atomic E-state index is 2.38. The van der Waals surface area contributed by atoms with Gasteiger partial charge in [-0.1, -0.05) is 12.1 Å². The van der Waals surface area contributed by atoms with Gasteiger partial charge in [0.05, 0.1) is 0 Å². The topological polar surface area (TPSA) is 3.24 Å². The molecule has 1 aliphatic carbocycles. The molecule has 2 heteroatoms. The lowest BCUT2D eigenvalue weighted by molar-refractivity contribution is 1.12. The largest absolute Gasteiger partial charge is 0.378 e. The third kappa shape index (κ3) is 1.84. The van der Waals surface area contributed by atoms with E-state index in [0.717, 1.165) is 6.42 Å². The van der Waals surface area contributed by atoms with E-state index in [2.05, 4.69) is 78.0 Å². The van der Waals surface area contributed by atoms with Crippen LogP contribution in [0.5, 0.6) is 0 Å². The Labute approximate surface area is 116 Å². The van der Waals surface area contributed by atoms with E-state index in [4.69, 9.17) is 0 Å². The third-order valence-corrected chi connectivity index (χ3v) is 4.01. The average Bonchev–Trinajstić information content (AvgIpc) is 2.64. The Balaban J connectivity index is 2.12. The molecule has 0 N–H and O–H groups in total. The van der Waals surface area contributed by atoms with Crippen LogP contribution in [-0.2, 0) is 6.42 Å². The Morgan fingerprint density at radius 3 is 2.29 bits per heavy atom. The highest BCUT2D eigenvalue weighted by atomic mass is 127. The summed E-state index contributed by atoms with van der Waals surface area (Å²) in [7, 11) is 4.18. The van der Waals surface area contributed by atoms with Crippen molar-refractivity contribution in [2.24, 2.45) is 0 Å². The van der Waals surface area contributed by atoms with Gasteiger partial charge in [-0.3, -0.25) is 0 Å². The summed E-state index contributed by atoms with van der Waals surface area (Å²) in [6.45, 7) is 0. The van der Waals surface area contributed by atoms with Crippen LogP contribution in [0.15, 0.2) is 36.4 Å². The third-order valence-electron chi connectivity index (χ3n) is 3.34. The first-order chi connectivity index (χ1) is 8.15. The molecular formula is C15H14IN. The molecule has 0 spiro atoms. The zero-order chi connectivity index (χ0) is 12.0. The highest BCUT2D eigenvalue weighted by Crippen LogP contribution is 2.38. The molecule has 0 heterocycles. The molecule has 0 saturated heterocycles. The fourth-order valence-electron chi connectivity index (χ4n) is 2.44. The van der Waals surface area contributed by atoms with E-state index in [1.807, 2.05) is 0 Å². The predicted octanol–water partition coefficient (Wildman–Crippen LogP) is 3.93. The van der Waals surface area contributed by atoms with E-state index >= 15 is 0 Å². The molecule has 86 valence electrons. The summed E-state index contributed by atoms with van der Waals surface area (Å²) < 4.78 is 1.32. The first-order valence-corrected chi connectivity index (χ1v) is 6.82. The highest BCUT2D eigenvalue weighted by Gasteiger charge is 2.18. The molecule has 0 unspecified atom stereocenters. The Morgan fingerprint density at radius 1 is 0.941 bits per heavy atom. The summed E-state index contributed by atoms with van der Waals surface area (Å²) in [4.78, 5) is 2.16. The van der Waals surface area contributed by atoms with E-state index < -0.39 is 0 Å². The number of anilines is 1. The summed E-state index contributed by atoms with van der Waals surface area (Å²) in [5, 5.41) is 0. The summed E-state index contributed by atoms with van der Waals surface area (Å²) in [5.41, 5.74) is 7.01. The van der Waals surface area contributed by atoms with Crippen molar-refractivity contribution >= 4 is 28.3 Å². The molecule has 0 fully saturated rings.